The SMILES string of the molecule is O=c1c2cc3c(=O)n(CCc4ccc(O)c(O)c4)c(=O)c3cc2c(=O)n1CCc1ccc(O)c(O)c1.c1ccc2ncccc2c1.c1ccc2ncccc2c1.c1ccc2ncccc2c1.c1ccc2ncccc2c1.c1ccc2ncccc2c1.c1ccc2ncccc2c1. The second-order valence-corrected chi connectivity index (χ2v) is 21.8. The molecule has 0 saturated heterocycles. The Morgan fingerprint density at radius 1 is 0.240 bits per heavy atom. The van der Waals surface area contributed by atoms with Gasteiger partial charge in [0.15, 0.2) is 23.0 Å². The van der Waals surface area contributed by atoms with Gasteiger partial charge in [0, 0.05) is 82.6 Å². The molecule has 0 amide bonds. The molecule has 0 fully saturated rings. The minimum Gasteiger partial charge on any atom is -0.504 e. The van der Waals surface area contributed by atoms with Crippen LogP contribution in [-0.4, -0.2) is 59.5 Å². The van der Waals surface area contributed by atoms with Crippen LogP contribution in [0.1, 0.15) is 11.1 Å². The summed E-state index contributed by atoms with van der Waals surface area (Å²) < 4.78 is 2.04. The topological polar surface area (TPSA) is 236 Å². The van der Waals surface area contributed by atoms with Gasteiger partial charge in [0.1, 0.15) is 0 Å². The first-order chi connectivity index (χ1) is 46.9. The molecule has 16 nitrogen and oxygen atoms in total. The number of hydrogen-bond acceptors (Lipinski definition) is 14. The largest absolute Gasteiger partial charge is 0.504 e. The fraction of sp³-hybridized carbons (Fsp3) is 0.0500. The van der Waals surface area contributed by atoms with Gasteiger partial charge in [0.25, 0.3) is 22.2 Å². The second kappa shape index (κ2) is 31.3. The van der Waals surface area contributed by atoms with Crippen molar-refractivity contribution in [2.45, 2.75) is 25.9 Å². The molecule has 0 saturated carbocycles. The third-order valence-corrected chi connectivity index (χ3v) is 15.5. The van der Waals surface area contributed by atoms with Crippen LogP contribution in [0.5, 0.6) is 23.0 Å². The third-order valence-electron chi connectivity index (χ3n) is 15.5. The highest BCUT2D eigenvalue weighted by atomic mass is 16.3. The molecule has 17 rings (SSSR count). The van der Waals surface area contributed by atoms with E-state index in [0.717, 1.165) is 42.2 Å². The number of para-hydroxylation sites is 6. The molecule has 9 aromatic carbocycles. The summed E-state index contributed by atoms with van der Waals surface area (Å²) in [5.74, 6) is -1.18. The fourth-order valence-corrected chi connectivity index (χ4v) is 10.5. The maximum atomic E-state index is 13.0. The van der Waals surface area contributed by atoms with Crippen molar-refractivity contribution in [1.29, 1.82) is 0 Å². The molecule has 17 aromatic rings. The highest BCUT2D eigenvalue weighted by Crippen LogP contribution is 2.27. The number of benzene rings is 9. The molecule has 0 bridgehead atoms. The first-order valence-corrected chi connectivity index (χ1v) is 30.7. The molecule has 96 heavy (non-hydrogen) atoms. The lowest BCUT2D eigenvalue weighted by Gasteiger charge is -2.04. The van der Waals surface area contributed by atoms with Crippen LogP contribution >= 0.6 is 0 Å². The quantitative estimate of drug-likeness (QED) is 0.113. The Morgan fingerprint density at radius 3 is 0.656 bits per heavy atom. The molecule has 0 radical (unpaired) electrons. The van der Waals surface area contributed by atoms with Crippen LogP contribution in [0.25, 0.3) is 87.0 Å². The predicted octanol–water partition coefficient (Wildman–Crippen LogP) is 14.6. The molecule has 4 N–H and O–H groups in total. The Bertz CT molecular complexity index is 4560. The van der Waals surface area contributed by atoms with Crippen molar-refractivity contribution in [3.05, 3.63) is 357 Å². The first kappa shape index (κ1) is 64.4. The molecule has 8 heterocycles. The summed E-state index contributed by atoms with van der Waals surface area (Å²) in [5, 5.41) is 45.5. The van der Waals surface area contributed by atoms with Crippen molar-refractivity contribution in [2.75, 3.05) is 0 Å². The van der Waals surface area contributed by atoms with Crippen LogP contribution in [0.3, 0.4) is 0 Å². The standard InChI is InChI=1S/C26H20N2O8.6C9H7N/c29-19-3-1-13(9-21(19)31)5-7-27-23(33)15-11-17-18(12-16(15)24(27)34)26(36)28(25(17)35)8-6-14-2-4-20(30)22(32)10-14;6*1-2-6-9-8(4-1)5-3-7-10-9/h1-4,9-12,29-32H,5-8H2;6*1-7H. The van der Waals surface area contributed by atoms with E-state index in [4.69, 9.17) is 0 Å². The van der Waals surface area contributed by atoms with Gasteiger partial charge in [-0.15, -0.1) is 0 Å². The van der Waals surface area contributed by atoms with Gasteiger partial charge in [-0.3, -0.25) is 58.2 Å². The Labute approximate surface area is 549 Å². The number of fused-ring (bicyclic) bond motifs is 8. The number of aromatic hydroxyl groups is 4. The number of pyridine rings is 6. The van der Waals surface area contributed by atoms with Crippen molar-refractivity contribution in [3.63, 3.8) is 0 Å². The maximum absolute atomic E-state index is 13.0. The van der Waals surface area contributed by atoms with E-state index in [-0.39, 0.29) is 70.5 Å². The number of phenols is 4. The average molecular weight is 1260 g/mol. The van der Waals surface area contributed by atoms with Crippen LogP contribution in [0.4, 0.5) is 0 Å². The first-order valence-electron chi connectivity index (χ1n) is 30.7. The number of nitrogens with zero attached hydrogens (tertiary/aromatic N) is 8. The van der Waals surface area contributed by atoms with Gasteiger partial charge in [-0.05, 0) is 133 Å². The summed E-state index contributed by atoms with van der Waals surface area (Å²) >= 11 is 0. The Balaban J connectivity index is 0.000000127. The van der Waals surface area contributed by atoms with Crippen LogP contribution in [0.2, 0.25) is 0 Å². The van der Waals surface area contributed by atoms with Crippen LogP contribution < -0.4 is 22.2 Å². The maximum Gasteiger partial charge on any atom is 0.261 e. The zero-order chi connectivity index (χ0) is 66.6. The van der Waals surface area contributed by atoms with Crippen molar-refractivity contribution in [1.82, 2.24) is 39.0 Å². The van der Waals surface area contributed by atoms with Gasteiger partial charge < -0.3 is 20.4 Å². The smallest absolute Gasteiger partial charge is 0.261 e. The van der Waals surface area contributed by atoms with Crippen LogP contribution in [0.15, 0.2) is 323 Å². The fourth-order valence-electron chi connectivity index (χ4n) is 10.5. The molecule has 8 aromatic heterocycles. The lowest BCUT2D eigenvalue weighted by atomic mass is 10.1. The van der Waals surface area contributed by atoms with Crippen molar-refractivity contribution in [2.24, 2.45) is 0 Å². The van der Waals surface area contributed by atoms with E-state index >= 15 is 0 Å². The van der Waals surface area contributed by atoms with Crippen molar-refractivity contribution < 1.29 is 20.4 Å². The number of hydrogen-bond donors (Lipinski definition) is 4. The van der Waals surface area contributed by atoms with Gasteiger partial charge in [0.2, 0.25) is 0 Å². The van der Waals surface area contributed by atoms with E-state index in [1.54, 1.807) is 12.1 Å². The summed E-state index contributed by atoms with van der Waals surface area (Å²) in [5.41, 5.74) is 5.23. The van der Waals surface area contributed by atoms with Gasteiger partial charge >= 0.3 is 0 Å². The average Bonchev–Trinajstić information content (AvgIpc) is 1.59. The van der Waals surface area contributed by atoms with E-state index in [1.165, 1.54) is 68.7 Å². The van der Waals surface area contributed by atoms with E-state index in [9.17, 15) is 39.6 Å². The number of aromatic nitrogens is 8. The molecule has 0 aliphatic carbocycles. The highest BCUT2D eigenvalue weighted by Gasteiger charge is 2.20. The Hall–Kier alpha value is -13.1. The van der Waals surface area contributed by atoms with E-state index in [1.807, 2.05) is 183 Å². The zero-order valence-corrected chi connectivity index (χ0v) is 51.7. The van der Waals surface area contributed by atoms with Crippen LogP contribution in [-0.2, 0) is 25.9 Å². The van der Waals surface area contributed by atoms with Crippen molar-refractivity contribution in [3.8, 4) is 23.0 Å². The second-order valence-electron chi connectivity index (χ2n) is 21.8. The Morgan fingerprint density at radius 2 is 0.448 bits per heavy atom. The minimum atomic E-state index is -0.584. The molecular formula is C80H62N8O8. The van der Waals surface area contributed by atoms with Gasteiger partial charge in [-0.25, -0.2) is 0 Å². The predicted molar refractivity (Wildman–Crippen MR) is 382 cm³/mol. The number of aryl methyl sites for hydroxylation is 2. The molecule has 0 spiro atoms. The number of phenolic OH excluding ortho intramolecular Hbond substituents is 4. The highest BCUT2D eigenvalue weighted by molar-refractivity contribution is 5.98. The Kier molecular flexibility index (Phi) is 21.0. The lowest BCUT2D eigenvalue weighted by Crippen LogP contribution is -2.27. The van der Waals surface area contributed by atoms with Gasteiger partial charge in [-0.1, -0.05) is 158 Å². The summed E-state index contributed by atoms with van der Waals surface area (Å²) in [6.45, 7) is 0.0173. The summed E-state index contributed by atoms with van der Waals surface area (Å²) in [7, 11) is 0. The molecule has 16 heteroatoms. The lowest BCUT2D eigenvalue weighted by molar-refractivity contribution is 0.403. The van der Waals surface area contributed by atoms with Gasteiger partial charge in [0.05, 0.1) is 54.6 Å². The summed E-state index contributed by atoms with van der Waals surface area (Å²) in [6.07, 6.45) is 11.3. The van der Waals surface area contributed by atoms with Crippen LogP contribution in [0, 0.1) is 0 Å². The molecule has 0 aliphatic rings. The van der Waals surface area contributed by atoms with E-state index < -0.39 is 22.2 Å². The molecule has 470 valence electrons. The third kappa shape index (κ3) is 16.1. The zero-order valence-electron chi connectivity index (χ0n) is 51.7. The van der Waals surface area contributed by atoms with E-state index in [0.29, 0.717) is 11.1 Å². The minimum absolute atomic E-state index is 0.00865. The molecular weight excluding hydrogens is 1200 g/mol. The van der Waals surface area contributed by atoms with E-state index in [2.05, 4.69) is 103 Å². The normalized spacial score (nSPS) is 10.6. The van der Waals surface area contributed by atoms with Gasteiger partial charge in [-0.2, -0.15) is 0 Å². The molecule has 0 unspecified atom stereocenters. The molecule has 0 aliphatic heterocycles. The van der Waals surface area contributed by atoms with Crippen molar-refractivity contribution >= 4 is 87.0 Å². The summed E-state index contributed by atoms with van der Waals surface area (Å²) in [6, 6.07) is 83.5. The summed E-state index contributed by atoms with van der Waals surface area (Å²) in [4.78, 5) is 76.9. The number of rotatable bonds is 6. The monoisotopic (exact) mass is 1260 g/mol. The molecule has 0 atom stereocenters.